The highest BCUT2D eigenvalue weighted by molar-refractivity contribution is 5.60. The fourth-order valence-electron chi connectivity index (χ4n) is 0.948. The molecule has 0 saturated carbocycles. The van der Waals surface area contributed by atoms with Gasteiger partial charge in [-0.25, -0.2) is 0 Å². The average Bonchev–Trinajstić information content (AvgIpc) is 2.09. The smallest absolute Gasteiger partial charge is 0.159 e. The number of para-hydroxylation sites is 1. The number of benzene rings is 1. The third-order valence-corrected chi connectivity index (χ3v) is 1.45. The Balaban J connectivity index is 3.13. The number of hydrogen-bond acceptors (Lipinski definition) is 3. The fraction of sp³-hybridized carbons (Fsp3) is 0.222. The van der Waals surface area contributed by atoms with Crippen molar-refractivity contribution in [3.05, 3.63) is 23.8 Å². The summed E-state index contributed by atoms with van der Waals surface area (Å²) in [5.41, 5.74) is 6.60. The van der Waals surface area contributed by atoms with Gasteiger partial charge in [0, 0.05) is 0 Å². The van der Waals surface area contributed by atoms with E-state index in [0.29, 0.717) is 23.6 Å². The fourth-order valence-corrected chi connectivity index (χ4v) is 0.948. The van der Waals surface area contributed by atoms with Gasteiger partial charge in [0.25, 0.3) is 0 Å². The number of rotatable bonds is 2. The predicted molar refractivity (Wildman–Crippen MR) is 46.7 cm³/mol. The zero-order chi connectivity index (χ0) is 8.97. The molecule has 0 heterocycles. The van der Waals surface area contributed by atoms with E-state index in [9.17, 15) is 0 Å². The zero-order valence-electron chi connectivity index (χ0n) is 6.87. The molecule has 2 N–H and O–H groups in total. The van der Waals surface area contributed by atoms with Crippen LogP contribution >= 0.6 is 0 Å². The molecule has 0 unspecified atom stereocenters. The Morgan fingerprint density at radius 2 is 2.33 bits per heavy atom. The molecule has 0 aliphatic rings. The van der Waals surface area contributed by atoms with Gasteiger partial charge >= 0.3 is 0 Å². The van der Waals surface area contributed by atoms with Crippen LogP contribution in [-0.4, -0.2) is 6.61 Å². The van der Waals surface area contributed by atoms with Crippen LogP contribution in [0.1, 0.15) is 12.5 Å². The number of anilines is 1. The van der Waals surface area contributed by atoms with Crippen LogP contribution < -0.4 is 10.5 Å². The highest BCUT2D eigenvalue weighted by Gasteiger charge is 2.04. The molecule has 3 nitrogen and oxygen atoms in total. The zero-order valence-corrected chi connectivity index (χ0v) is 6.87. The van der Waals surface area contributed by atoms with Crippen LogP contribution in [0.5, 0.6) is 5.75 Å². The quantitative estimate of drug-likeness (QED) is 0.671. The van der Waals surface area contributed by atoms with Crippen LogP contribution in [0.2, 0.25) is 0 Å². The SMILES string of the molecule is CCOc1c(N)cccc1C#N. The minimum Gasteiger partial charge on any atom is -0.490 e. The lowest BCUT2D eigenvalue weighted by Crippen LogP contribution is -1.98. The number of ether oxygens (including phenoxy) is 1. The van der Waals surface area contributed by atoms with Gasteiger partial charge in [0.1, 0.15) is 6.07 Å². The largest absolute Gasteiger partial charge is 0.490 e. The average molecular weight is 162 g/mol. The molecule has 12 heavy (non-hydrogen) atoms. The van der Waals surface area contributed by atoms with Crippen LogP contribution in [-0.2, 0) is 0 Å². The summed E-state index contributed by atoms with van der Waals surface area (Å²) in [7, 11) is 0. The summed E-state index contributed by atoms with van der Waals surface area (Å²) in [6.45, 7) is 2.37. The standard InChI is InChI=1S/C9H10N2O/c1-2-12-9-7(6-10)4-3-5-8(9)11/h3-5H,2,11H2,1H3. The molecule has 3 heteroatoms. The van der Waals surface area contributed by atoms with Crippen molar-refractivity contribution in [2.75, 3.05) is 12.3 Å². The Morgan fingerprint density at radius 3 is 2.92 bits per heavy atom. The van der Waals surface area contributed by atoms with Gasteiger partial charge in [0.05, 0.1) is 17.9 Å². The lowest BCUT2D eigenvalue weighted by molar-refractivity contribution is 0.341. The molecule has 0 aliphatic carbocycles. The van der Waals surface area contributed by atoms with Gasteiger partial charge in [-0.2, -0.15) is 5.26 Å². The molecule has 62 valence electrons. The van der Waals surface area contributed by atoms with Gasteiger partial charge in [-0.15, -0.1) is 0 Å². The third kappa shape index (κ3) is 1.48. The molecule has 0 saturated heterocycles. The minimum absolute atomic E-state index is 0.483. The molecule has 1 aromatic carbocycles. The highest BCUT2D eigenvalue weighted by atomic mass is 16.5. The molecule has 0 bridgehead atoms. The van der Waals surface area contributed by atoms with E-state index in [4.69, 9.17) is 15.7 Å². The highest BCUT2D eigenvalue weighted by Crippen LogP contribution is 2.25. The number of nitriles is 1. The van der Waals surface area contributed by atoms with Gasteiger partial charge in [0.2, 0.25) is 0 Å². The summed E-state index contributed by atoms with van der Waals surface area (Å²) in [5.74, 6) is 0.488. The minimum atomic E-state index is 0.483. The summed E-state index contributed by atoms with van der Waals surface area (Å²) >= 11 is 0. The first-order valence-corrected chi connectivity index (χ1v) is 3.71. The summed E-state index contributed by atoms with van der Waals surface area (Å²) in [5, 5.41) is 8.68. The van der Waals surface area contributed by atoms with E-state index < -0.39 is 0 Å². The van der Waals surface area contributed by atoms with Crippen molar-refractivity contribution >= 4 is 5.69 Å². The van der Waals surface area contributed by atoms with Crippen LogP contribution in [0.4, 0.5) is 5.69 Å². The maximum Gasteiger partial charge on any atom is 0.159 e. The van der Waals surface area contributed by atoms with Crippen LogP contribution in [0.15, 0.2) is 18.2 Å². The molecule has 0 fully saturated rings. The molecular weight excluding hydrogens is 152 g/mol. The molecule has 0 aliphatic heterocycles. The predicted octanol–water partition coefficient (Wildman–Crippen LogP) is 1.54. The van der Waals surface area contributed by atoms with E-state index >= 15 is 0 Å². The topological polar surface area (TPSA) is 59.0 Å². The van der Waals surface area contributed by atoms with Crippen LogP contribution in [0.3, 0.4) is 0 Å². The van der Waals surface area contributed by atoms with Crippen LogP contribution in [0.25, 0.3) is 0 Å². The second-order valence-electron chi connectivity index (χ2n) is 2.27. The number of hydrogen-bond donors (Lipinski definition) is 1. The molecule has 1 rings (SSSR count). The van der Waals surface area contributed by atoms with Gasteiger partial charge in [-0.1, -0.05) is 6.07 Å². The lowest BCUT2D eigenvalue weighted by atomic mass is 10.2. The molecule has 1 aromatic rings. The summed E-state index contributed by atoms with van der Waals surface area (Å²) in [4.78, 5) is 0. The number of nitrogens with zero attached hydrogens (tertiary/aromatic N) is 1. The van der Waals surface area contributed by atoms with Gasteiger partial charge < -0.3 is 10.5 Å². The number of nitrogens with two attached hydrogens (primary N) is 1. The Labute approximate surface area is 71.4 Å². The Bertz CT molecular complexity index is 315. The molecule has 0 atom stereocenters. The van der Waals surface area contributed by atoms with Gasteiger partial charge in [0.15, 0.2) is 5.75 Å². The Kier molecular flexibility index (Phi) is 2.54. The van der Waals surface area contributed by atoms with Crippen molar-refractivity contribution in [1.82, 2.24) is 0 Å². The summed E-state index contributed by atoms with van der Waals surface area (Å²) < 4.78 is 5.21. The lowest BCUT2D eigenvalue weighted by Gasteiger charge is -2.07. The third-order valence-electron chi connectivity index (χ3n) is 1.45. The monoisotopic (exact) mass is 162 g/mol. The van der Waals surface area contributed by atoms with Gasteiger partial charge in [-0.3, -0.25) is 0 Å². The van der Waals surface area contributed by atoms with Crippen molar-refractivity contribution in [3.63, 3.8) is 0 Å². The molecule has 0 radical (unpaired) electrons. The second-order valence-corrected chi connectivity index (χ2v) is 2.27. The maximum atomic E-state index is 8.68. The van der Waals surface area contributed by atoms with E-state index in [-0.39, 0.29) is 0 Å². The second kappa shape index (κ2) is 3.63. The van der Waals surface area contributed by atoms with Crippen molar-refractivity contribution < 1.29 is 4.74 Å². The van der Waals surface area contributed by atoms with Crippen molar-refractivity contribution in [3.8, 4) is 11.8 Å². The Hall–Kier alpha value is -1.69. The summed E-state index contributed by atoms with van der Waals surface area (Å²) in [6, 6.07) is 7.14. The first kappa shape index (κ1) is 8.41. The van der Waals surface area contributed by atoms with E-state index in [0.717, 1.165) is 0 Å². The van der Waals surface area contributed by atoms with Gasteiger partial charge in [-0.05, 0) is 19.1 Å². The van der Waals surface area contributed by atoms with E-state index in [2.05, 4.69) is 0 Å². The summed E-state index contributed by atoms with van der Waals surface area (Å²) in [6.07, 6.45) is 0. The first-order chi connectivity index (χ1) is 5.79. The molecule has 0 amide bonds. The maximum absolute atomic E-state index is 8.68. The number of nitrogen functional groups attached to an aromatic ring is 1. The van der Waals surface area contributed by atoms with E-state index in [1.54, 1.807) is 18.2 Å². The van der Waals surface area contributed by atoms with Crippen molar-refractivity contribution in [1.29, 1.82) is 5.26 Å². The first-order valence-electron chi connectivity index (χ1n) is 3.71. The van der Waals surface area contributed by atoms with E-state index in [1.807, 2.05) is 13.0 Å². The van der Waals surface area contributed by atoms with Crippen molar-refractivity contribution in [2.24, 2.45) is 0 Å². The Morgan fingerprint density at radius 1 is 1.58 bits per heavy atom. The van der Waals surface area contributed by atoms with E-state index in [1.165, 1.54) is 0 Å². The van der Waals surface area contributed by atoms with Crippen molar-refractivity contribution in [2.45, 2.75) is 6.92 Å². The molecular formula is C9H10N2O. The van der Waals surface area contributed by atoms with Crippen LogP contribution in [0, 0.1) is 11.3 Å². The molecule has 0 spiro atoms. The molecule has 0 aromatic heterocycles. The normalized spacial score (nSPS) is 9.00.